The maximum atomic E-state index is 13.4. The van der Waals surface area contributed by atoms with Gasteiger partial charge in [-0.2, -0.15) is 8.78 Å². The fourth-order valence-corrected chi connectivity index (χ4v) is 2.88. The highest BCUT2D eigenvalue weighted by Crippen LogP contribution is 2.45. The SMILES string of the molecule is Cc1cc(C(O)C(F)(F)Br)c2c(C)ccc(C(C)C)cc1-2. The molecule has 0 radical (unpaired) electrons. The number of aliphatic hydroxyl groups excluding tert-OH is 1. The van der Waals surface area contributed by atoms with E-state index in [1.807, 2.05) is 32.0 Å². The second kappa shape index (κ2) is 5.65. The maximum absolute atomic E-state index is 13.4. The van der Waals surface area contributed by atoms with Crippen molar-refractivity contribution in [2.75, 3.05) is 0 Å². The first-order valence-corrected chi connectivity index (χ1v) is 7.70. The standard InChI is InChI=1S/C17H19BrF2O/c1-9(2)12-6-5-10(3)15-13(8-12)11(4)7-14(15)16(21)17(18,19)20/h5-9,16,21H,1-4H3. The molecule has 1 unspecified atom stereocenters. The molecule has 0 aromatic rings. The first kappa shape index (κ1) is 16.4. The van der Waals surface area contributed by atoms with Crippen LogP contribution in [0.2, 0.25) is 0 Å². The van der Waals surface area contributed by atoms with Crippen LogP contribution < -0.4 is 0 Å². The van der Waals surface area contributed by atoms with E-state index in [0.29, 0.717) is 11.5 Å². The minimum absolute atomic E-state index is 0.271. The lowest BCUT2D eigenvalue weighted by molar-refractivity contribution is -0.0290. The number of hydrogen-bond acceptors (Lipinski definition) is 1. The zero-order chi connectivity index (χ0) is 15.9. The van der Waals surface area contributed by atoms with Gasteiger partial charge in [0.25, 0.3) is 0 Å². The van der Waals surface area contributed by atoms with Crippen LogP contribution in [0.1, 0.15) is 48.1 Å². The quantitative estimate of drug-likeness (QED) is 0.714. The van der Waals surface area contributed by atoms with E-state index in [4.69, 9.17) is 0 Å². The highest BCUT2D eigenvalue weighted by Gasteiger charge is 2.38. The number of rotatable bonds is 3. The Labute approximate surface area is 132 Å². The molecule has 0 spiro atoms. The summed E-state index contributed by atoms with van der Waals surface area (Å²) in [7, 11) is 0. The van der Waals surface area contributed by atoms with Gasteiger partial charge in [0, 0.05) is 0 Å². The zero-order valence-corrected chi connectivity index (χ0v) is 14.1. The summed E-state index contributed by atoms with van der Waals surface area (Å²) in [5.41, 5.74) is 4.84. The van der Waals surface area contributed by atoms with Crippen LogP contribution in [0, 0.1) is 13.8 Å². The van der Waals surface area contributed by atoms with Crippen LogP contribution in [0.4, 0.5) is 8.78 Å². The lowest BCUT2D eigenvalue weighted by Gasteiger charge is -2.17. The molecule has 21 heavy (non-hydrogen) atoms. The Hall–Kier alpha value is -1.00. The van der Waals surface area contributed by atoms with Crippen molar-refractivity contribution in [1.29, 1.82) is 0 Å². The Kier molecular flexibility index (Phi) is 4.41. The maximum Gasteiger partial charge on any atom is 0.330 e. The molecule has 0 bridgehead atoms. The van der Waals surface area contributed by atoms with Gasteiger partial charge in [-0.15, -0.1) is 0 Å². The third-order valence-electron chi connectivity index (χ3n) is 3.86. The van der Waals surface area contributed by atoms with Crippen LogP contribution in [-0.4, -0.2) is 9.94 Å². The van der Waals surface area contributed by atoms with E-state index in [9.17, 15) is 13.9 Å². The Bertz CT molecular complexity index is 632. The lowest BCUT2D eigenvalue weighted by atomic mass is 9.99. The molecule has 1 atom stereocenters. The summed E-state index contributed by atoms with van der Waals surface area (Å²) in [6.07, 6.45) is -1.86. The average Bonchev–Trinajstić information content (AvgIpc) is 2.56. The van der Waals surface area contributed by atoms with Gasteiger partial charge >= 0.3 is 4.83 Å². The monoisotopic (exact) mass is 356 g/mol. The van der Waals surface area contributed by atoms with Gasteiger partial charge in [-0.05, 0) is 69.1 Å². The summed E-state index contributed by atoms with van der Waals surface area (Å²) in [6, 6.07) is 7.63. The molecule has 2 aliphatic carbocycles. The van der Waals surface area contributed by atoms with Crippen molar-refractivity contribution in [3.63, 3.8) is 0 Å². The van der Waals surface area contributed by atoms with Gasteiger partial charge in [-0.3, -0.25) is 0 Å². The van der Waals surface area contributed by atoms with E-state index in [0.717, 1.165) is 22.3 Å². The van der Waals surface area contributed by atoms with E-state index < -0.39 is 10.9 Å². The fraction of sp³-hybridized carbons (Fsp3) is 0.412. The molecular weight excluding hydrogens is 338 g/mol. The topological polar surface area (TPSA) is 20.2 Å². The largest absolute Gasteiger partial charge is 0.381 e. The van der Waals surface area contributed by atoms with Gasteiger partial charge in [0.1, 0.15) is 0 Å². The molecule has 0 heterocycles. The zero-order valence-electron chi connectivity index (χ0n) is 12.5. The predicted molar refractivity (Wildman–Crippen MR) is 85.5 cm³/mol. The molecule has 1 nitrogen and oxygen atoms in total. The van der Waals surface area contributed by atoms with Crippen LogP contribution >= 0.6 is 15.9 Å². The molecule has 0 fully saturated rings. The second-order valence-electron chi connectivity index (χ2n) is 5.83. The number of alkyl halides is 3. The van der Waals surface area contributed by atoms with Gasteiger partial charge in [-0.1, -0.05) is 38.1 Å². The van der Waals surface area contributed by atoms with Gasteiger partial charge in [0.05, 0.1) is 0 Å². The normalized spacial score (nSPS) is 14.0. The van der Waals surface area contributed by atoms with Crippen molar-refractivity contribution in [2.45, 2.75) is 44.5 Å². The van der Waals surface area contributed by atoms with Crippen LogP contribution in [0.25, 0.3) is 11.1 Å². The number of hydrogen-bond donors (Lipinski definition) is 1. The summed E-state index contributed by atoms with van der Waals surface area (Å²) in [5, 5.41) is 9.96. The van der Waals surface area contributed by atoms with Crippen LogP contribution in [0.15, 0.2) is 24.3 Å². The Morgan fingerprint density at radius 1 is 1.10 bits per heavy atom. The van der Waals surface area contributed by atoms with Crippen molar-refractivity contribution in [3.8, 4) is 11.1 Å². The number of halogens is 3. The molecule has 0 saturated heterocycles. The Morgan fingerprint density at radius 2 is 1.71 bits per heavy atom. The van der Waals surface area contributed by atoms with Crippen molar-refractivity contribution < 1.29 is 13.9 Å². The highest BCUT2D eigenvalue weighted by atomic mass is 79.9. The van der Waals surface area contributed by atoms with Gasteiger partial charge in [0.15, 0.2) is 6.10 Å². The summed E-state index contributed by atoms with van der Waals surface area (Å²) in [5.74, 6) is 0.347. The van der Waals surface area contributed by atoms with Gasteiger partial charge in [0.2, 0.25) is 0 Å². The van der Waals surface area contributed by atoms with Crippen LogP contribution in [-0.2, 0) is 0 Å². The summed E-state index contributed by atoms with van der Waals surface area (Å²) < 4.78 is 26.9. The molecule has 114 valence electrons. The molecule has 0 aromatic heterocycles. The van der Waals surface area contributed by atoms with Gasteiger partial charge in [-0.25, -0.2) is 0 Å². The molecule has 0 amide bonds. The number of fused-ring (bicyclic) bond motifs is 1. The third-order valence-corrected chi connectivity index (χ3v) is 4.29. The molecule has 2 aliphatic rings. The first-order valence-electron chi connectivity index (χ1n) is 6.91. The van der Waals surface area contributed by atoms with E-state index >= 15 is 0 Å². The van der Waals surface area contributed by atoms with Crippen molar-refractivity contribution >= 4 is 15.9 Å². The predicted octanol–water partition coefficient (Wildman–Crippen LogP) is 5.55. The fourth-order valence-electron chi connectivity index (χ4n) is 2.63. The van der Waals surface area contributed by atoms with E-state index in [2.05, 4.69) is 29.8 Å². The summed E-state index contributed by atoms with van der Waals surface area (Å²) >= 11 is 2.27. The number of aryl methyl sites for hydroxylation is 2. The smallest absolute Gasteiger partial charge is 0.330 e. The molecule has 2 rings (SSSR count). The van der Waals surface area contributed by atoms with Crippen LogP contribution in [0.5, 0.6) is 0 Å². The Balaban J connectivity index is 2.71. The molecule has 0 aliphatic heterocycles. The average molecular weight is 357 g/mol. The first-order chi connectivity index (χ1) is 9.62. The van der Waals surface area contributed by atoms with E-state index in [1.165, 1.54) is 0 Å². The van der Waals surface area contributed by atoms with Crippen molar-refractivity contribution in [2.24, 2.45) is 0 Å². The third kappa shape index (κ3) is 3.11. The number of aliphatic hydroxyl groups is 1. The molecule has 1 N–H and O–H groups in total. The molecule has 0 aromatic carbocycles. The molecule has 0 saturated carbocycles. The minimum atomic E-state index is -3.34. The minimum Gasteiger partial charge on any atom is -0.381 e. The van der Waals surface area contributed by atoms with E-state index in [-0.39, 0.29) is 5.56 Å². The van der Waals surface area contributed by atoms with Crippen molar-refractivity contribution in [3.05, 3.63) is 46.5 Å². The van der Waals surface area contributed by atoms with Crippen LogP contribution in [0.3, 0.4) is 0 Å². The second-order valence-corrected chi connectivity index (χ2v) is 6.89. The molecule has 4 heteroatoms. The molecular formula is C17H19BrF2O. The van der Waals surface area contributed by atoms with Gasteiger partial charge < -0.3 is 5.11 Å². The lowest BCUT2D eigenvalue weighted by Crippen LogP contribution is -2.18. The van der Waals surface area contributed by atoms with Crippen molar-refractivity contribution in [1.82, 2.24) is 0 Å². The summed E-state index contributed by atoms with van der Waals surface area (Å²) in [6.45, 7) is 7.96. The highest BCUT2D eigenvalue weighted by molar-refractivity contribution is 9.10. The summed E-state index contributed by atoms with van der Waals surface area (Å²) in [4.78, 5) is -3.34. The van der Waals surface area contributed by atoms with E-state index in [1.54, 1.807) is 6.07 Å². The Morgan fingerprint density at radius 3 is 2.24 bits per heavy atom.